The van der Waals surface area contributed by atoms with Crippen molar-refractivity contribution in [3.8, 4) is 0 Å². The molecule has 0 amide bonds. The van der Waals surface area contributed by atoms with E-state index < -0.39 is 9.84 Å². The van der Waals surface area contributed by atoms with Gasteiger partial charge >= 0.3 is 0 Å². The van der Waals surface area contributed by atoms with Crippen LogP contribution in [0.1, 0.15) is 11.6 Å². The van der Waals surface area contributed by atoms with Crippen molar-refractivity contribution in [2.75, 3.05) is 12.8 Å². The molecule has 5 heteroatoms. The summed E-state index contributed by atoms with van der Waals surface area (Å²) in [7, 11) is -1.36. The van der Waals surface area contributed by atoms with E-state index in [1.54, 1.807) is 25.2 Å². The summed E-state index contributed by atoms with van der Waals surface area (Å²) in [5.74, 6) is 0.124. The molecular weight excluding hydrogens is 222 g/mol. The summed E-state index contributed by atoms with van der Waals surface area (Å²) in [4.78, 5) is 0.404. The zero-order chi connectivity index (χ0) is 10.3. The van der Waals surface area contributed by atoms with Crippen molar-refractivity contribution in [3.05, 3.63) is 28.8 Å². The van der Waals surface area contributed by atoms with Gasteiger partial charge in [0.25, 0.3) is 0 Å². The Morgan fingerprint density at radius 1 is 1.50 bits per heavy atom. The van der Waals surface area contributed by atoms with Crippen LogP contribution >= 0.6 is 11.6 Å². The predicted octanol–water partition coefficient (Wildman–Crippen LogP) is 1.39. The van der Waals surface area contributed by atoms with Gasteiger partial charge in [0, 0.05) is 11.1 Å². The quantitative estimate of drug-likeness (QED) is 0.795. The molecule has 0 saturated carbocycles. The zero-order valence-corrected chi connectivity index (χ0v) is 9.19. The summed E-state index contributed by atoms with van der Waals surface area (Å²) in [5, 5.41) is 3.54. The third kappa shape index (κ3) is 1.43. The topological polar surface area (TPSA) is 46.2 Å². The Morgan fingerprint density at radius 3 is 2.86 bits per heavy atom. The van der Waals surface area contributed by atoms with E-state index in [0.717, 1.165) is 5.56 Å². The van der Waals surface area contributed by atoms with E-state index in [1.807, 2.05) is 0 Å². The number of hydrogen-bond acceptors (Lipinski definition) is 3. The molecular formula is C9H10ClNO2S. The van der Waals surface area contributed by atoms with E-state index >= 15 is 0 Å². The average molecular weight is 232 g/mol. The van der Waals surface area contributed by atoms with Crippen molar-refractivity contribution in [2.24, 2.45) is 0 Å². The summed E-state index contributed by atoms with van der Waals surface area (Å²) >= 11 is 5.82. The van der Waals surface area contributed by atoms with Gasteiger partial charge in [-0.2, -0.15) is 0 Å². The Balaban J connectivity index is 2.65. The van der Waals surface area contributed by atoms with E-state index in [4.69, 9.17) is 11.6 Å². The molecule has 1 atom stereocenters. The first kappa shape index (κ1) is 9.96. The van der Waals surface area contributed by atoms with Crippen molar-refractivity contribution < 1.29 is 8.42 Å². The number of benzene rings is 1. The first-order valence-corrected chi connectivity index (χ1v) is 6.27. The molecule has 0 saturated heterocycles. The SMILES string of the molecule is CN[C@H]1CS(=O)(=O)c2ccc(Cl)cc21. The van der Waals surface area contributed by atoms with Crippen molar-refractivity contribution in [2.45, 2.75) is 10.9 Å². The molecule has 0 radical (unpaired) electrons. The highest BCUT2D eigenvalue weighted by molar-refractivity contribution is 7.91. The predicted molar refractivity (Wildman–Crippen MR) is 55.3 cm³/mol. The van der Waals surface area contributed by atoms with Crippen LogP contribution in [0.3, 0.4) is 0 Å². The number of sulfone groups is 1. The lowest BCUT2D eigenvalue weighted by Gasteiger charge is -2.07. The van der Waals surface area contributed by atoms with E-state index in [0.29, 0.717) is 9.92 Å². The highest BCUT2D eigenvalue weighted by atomic mass is 35.5. The minimum atomic E-state index is -3.10. The molecule has 1 heterocycles. The Bertz CT molecular complexity index is 470. The normalized spacial score (nSPS) is 23.4. The van der Waals surface area contributed by atoms with Crippen LogP contribution in [0, 0.1) is 0 Å². The van der Waals surface area contributed by atoms with Gasteiger partial charge in [-0.15, -0.1) is 0 Å². The van der Waals surface area contributed by atoms with Crippen LogP contribution in [0.5, 0.6) is 0 Å². The largest absolute Gasteiger partial charge is 0.312 e. The highest BCUT2D eigenvalue weighted by Gasteiger charge is 2.33. The van der Waals surface area contributed by atoms with Crippen LogP contribution in [-0.4, -0.2) is 21.2 Å². The van der Waals surface area contributed by atoms with Gasteiger partial charge in [-0.3, -0.25) is 0 Å². The summed E-state index contributed by atoms with van der Waals surface area (Å²) in [6.07, 6.45) is 0. The van der Waals surface area contributed by atoms with Crippen LogP contribution in [0.2, 0.25) is 5.02 Å². The highest BCUT2D eigenvalue weighted by Crippen LogP contribution is 2.34. The molecule has 0 aromatic heterocycles. The van der Waals surface area contributed by atoms with Gasteiger partial charge in [-0.05, 0) is 30.8 Å². The number of nitrogens with one attached hydrogen (secondary N) is 1. The summed E-state index contributed by atoms with van der Waals surface area (Å²) in [6.45, 7) is 0. The molecule has 1 aromatic rings. The van der Waals surface area contributed by atoms with Crippen molar-refractivity contribution in [1.82, 2.24) is 5.32 Å². The van der Waals surface area contributed by atoms with E-state index in [-0.39, 0.29) is 11.8 Å². The van der Waals surface area contributed by atoms with Crippen LogP contribution < -0.4 is 5.32 Å². The Hall–Kier alpha value is -0.580. The van der Waals surface area contributed by atoms with Crippen molar-refractivity contribution >= 4 is 21.4 Å². The van der Waals surface area contributed by atoms with Crippen LogP contribution in [0.4, 0.5) is 0 Å². The second-order valence-electron chi connectivity index (χ2n) is 3.30. The third-order valence-corrected chi connectivity index (χ3v) is 4.47. The second-order valence-corrected chi connectivity index (χ2v) is 5.74. The van der Waals surface area contributed by atoms with Crippen molar-refractivity contribution in [1.29, 1.82) is 0 Å². The van der Waals surface area contributed by atoms with Crippen LogP contribution in [0.25, 0.3) is 0 Å². The molecule has 1 aromatic carbocycles. The number of halogens is 1. The minimum Gasteiger partial charge on any atom is -0.312 e. The first-order chi connectivity index (χ1) is 6.54. The lowest BCUT2D eigenvalue weighted by Crippen LogP contribution is -2.17. The molecule has 1 aliphatic rings. The van der Waals surface area contributed by atoms with Gasteiger partial charge in [0.1, 0.15) is 0 Å². The first-order valence-electron chi connectivity index (χ1n) is 4.24. The molecule has 14 heavy (non-hydrogen) atoms. The molecule has 3 nitrogen and oxygen atoms in total. The van der Waals surface area contributed by atoms with Gasteiger partial charge in [0.05, 0.1) is 10.6 Å². The van der Waals surface area contributed by atoms with Gasteiger partial charge in [-0.1, -0.05) is 11.6 Å². The number of fused-ring (bicyclic) bond motifs is 1. The molecule has 0 spiro atoms. The fraction of sp³-hybridized carbons (Fsp3) is 0.333. The summed E-state index contributed by atoms with van der Waals surface area (Å²) in [6, 6.07) is 4.76. The minimum absolute atomic E-state index is 0.124. The summed E-state index contributed by atoms with van der Waals surface area (Å²) < 4.78 is 23.3. The van der Waals surface area contributed by atoms with Crippen LogP contribution in [-0.2, 0) is 9.84 Å². The molecule has 0 unspecified atom stereocenters. The monoisotopic (exact) mass is 231 g/mol. The molecule has 0 fully saturated rings. The lowest BCUT2D eigenvalue weighted by atomic mass is 10.1. The molecule has 2 rings (SSSR count). The standard InChI is InChI=1S/C9H10ClNO2S/c1-11-8-5-14(12,13)9-3-2-6(10)4-7(8)9/h2-4,8,11H,5H2,1H3/t8-/m0/s1. The maximum Gasteiger partial charge on any atom is 0.180 e. The van der Waals surface area contributed by atoms with Gasteiger partial charge in [0.2, 0.25) is 0 Å². The lowest BCUT2D eigenvalue weighted by molar-refractivity contribution is 0.591. The Kier molecular flexibility index (Phi) is 2.29. The van der Waals surface area contributed by atoms with Gasteiger partial charge in [-0.25, -0.2) is 8.42 Å². The average Bonchev–Trinajstić information content (AvgIpc) is 2.37. The molecule has 0 aliphatic carbocycles. The van der Waals surface area contributed by atoms with Gasteiger partial charge < -0.3 is 5.32 Å². The molecule has 1 N–H and O–H groups in total. The third-order valence-electron chi connectivity index (χ3n) is 2.42. The smallest absolute Gasteiger partial charge is 0.180 e. The second kappa shape index (κ2) is 3.22. The number of hydrogen-bond donors (Lipinski definition) is 1. The molecule has 76 valence electrons. The fourth-order valence-corrected chi connectivity index (χ4v) is 3.69. The number of rotatable bonds is 1. The maximum atomic E-state index is 11.7. The van der Waals surface area contributed by atoms with E-state index in [9.17, 15) is 8.42 Å². The molecule has 0 bridgehead atoms. The van der Waals surface area contributed by atoms with Crippen LogP contribution in [0.15, 0.2) is 23.1 Å². The fourth-order valence-electron chi connectivity index (χ4n) is 1.71. The van der Waals surface area contributed by atoms with E-state index in [1.165, 1.54) is 0 Å². The summed E-state index contributed by atoms with van der Waals surface area (Å²) in [5.41, 5.74) is 0.778. The zero-order valence-electron chi connectivity index (χ0n) is 7.62. The van der Waals surface area contributed by atoms with Crippen molar-refractivity contribution in [3.63, 3.8) is 0 Å². The Labute approximate surface area is 88.0 Å². The molecule has 1 aliphatic heterocycles. The van der Waals surface area contributed by atoms with Gasteiger partial charge in [0.15, 0.2) is 9.84 Å². The van der Waals surface area contributed by atoms with E-state index in [2.05, 4.69) is 5.32 Å². The maximum absolute atomic E-state index is 11.7. The Morgan fingerprint density at radius 2 is 2.21 bits per heavy atom.